The summed E-state index contributed by atoms with van der Waals surface area (Å²) in [5, 5.41) is 2.51. The van der Waals surface area contributed by atoms with Gasteiger partial charge in [0.1, 0.15) is 0 Å². The van der Waals surface area contributed by atoms with E-state index in [4.69, 9.17) is 0 Å². The first kappa shape index (κ1) is 19.6. The number of nitrogens with zero attached hydrogens (tertiary/aromatic N) is 2. The van der Waals surface area contributed by atoms with Gasteiger partial charge in [-0.05, 0) is 48.4 Å². The van der Waals surface area contributed by atoms with Crippen LogP contribution in [0, 0.1) is 0 Å². The molecular weight excluding hydrogens is 395 g/mol. The van der Waals surface area contributed by atoms with Gasteiger partial charge in [0.25, 0.3) is 11.8 Å². The van der Waals surface area contributed by atoms with Gasteiger partial charge in [-0.15, -0.1) is 0 Å². The van der Waals surface area contributed by atoms with Crippen molar-refractivity contribution in [1.29, 1.82) is 0 Å². The average Bonchev–Trinajstić information content (AvgIpc) is 3.16. The molecule has 1 aliphatic heterocycles. The highest BCUT2D eigenvalue weighted by Crippen LogP contribution is 2.34. The normalized spacial score (nSPS) is 13.1. The number of alkyl halides is 3. The molecule has 2 aromatic carbocycles. The van der Waals surface area contributed by atoms with Crippen LogP contribution in [0.3, 0.4) is 0 Å². The van der Waals surface area contributed by atoms with Crippen LogP contribution in [-0.2, 0) is 12.6 Å². The van der Waals surface area contributed by atoms with Gasteiger partial charge in [0.15, 0.2) is 0 Å². The number of aromatic nitrogens is 1. The maximum Gasteiger partial charge on any atom is 0.417 e. The number of benzene rings is 2. The van der Waals surface area contributed by atoms with Gasteiger partial charge in [-0.3, -0.25) is 14.6 Å². The molecule has 8 heteroatoms. The summed E-state index contributed by atoms with van der Waals surface area (Å²) < 4.78 is 39.6. The minimum absolute atomic E-state index is 0.206. The van der Waals surface area contributed by atoms with Crippen molar-refractivity contribution in [3.05, 3.63) is 89.2 Å². The Labute approximate surface area is 170 Å². The van der Waals surface area contributed by atoms with E-state index >= 15 is 0 Å². The van der Waals surface area contributed by atoms with Crippen LogP contribution >= 0.6 is 0 Å². The van der Waals surface area contributed by atoms with Crippen LogP contribution in [0.25, 0.3) is 0 Å². The largest absolute Gasteiger partial charge is 0.417 e. The highest BCUT2D eigenvalue weighted by atomic mass is 19.4. The number of carbonyl (C=O) groups is 2. The van der Waals surface area contributed by atoms with Gasteiger partial charge >= 0.3 is 6.18 Å². The Balaban J connectivity index is 1.60. The predicted molar refractivity (Wildman–Crippen MR) is 105 cm³/mol. The Morgan fingerprint density at radius 3 is 2.47 bits per heavy atom. The van der Waals surface area contributed by atoms with E-state index in [1.165, 1.54) is 24.5 Å². The molecule has 0 saturated carbocycles. The van der Waals surface area contributed by atoms with Crippen molar-refractivity contribution in [2.75, 3.05) is 16.8 Å². The van der Waals surface area contributed by atoms with Gasteiger partial charge in [-0.2, -0.15) is 13.2 Å². The Kier molecular flexibility index (Phi) is 4.99. The molecule has 0 radical (unpaired) electrons. The van der Waals surface area contributed by atoms with Crippen molar-refractivity contribution in [1.82, 2.24) is 4.98 Å². The van der Waals surface area contributed by atoms with Gasteiger partial charge in [0.05, 0.1) is 11.1 Å². The smallest absolute Gasteiger partial charge is 0.322 e. The van der Waals surface area contributed by atoms with Gasteiger partial charge in [0, 0.05) is 35.9 Å². The maximum absolute atomic E-state index is 13.2. The lowest BCUT2D eigenvalue weighted by Crippen LogP contribution is -2.29. The third kappa shape index (κ3) is 3.76. The molecule has 0 fully saturated rings. The molecule has 2 heterocycles. The van der Waals surface area contributed by atoms with Crippen LogP contribution in [0.15, 0.2) is 67.0 Å². The van der Waals surface area contributed by atoms with Crippen LogP contribution in [0.1, 0.15) is 31.8 Å². The van der Waals surface area contributed by atoms with Gasteiger partial charge < -0.3 is 10.2 Å². The SMILES string of the molecule is O=C(Nc1ccc2c(c1)N(C(=O)c1ccncc1)CC2)c1ccccc1C(F)(F)F. The third-order valence-corrected chi connectivity index (χ3v) is 4.89. The number of hydrogen-bond acceptors (Lipinski definition) is 3. The predicted octanol–water partition coefficient (Wildman–Crippen LogP) is 4.56. The van der Waals surface area contributed by atoms with E-state index in [-0.39, 0.29) is 5.91 Å². The lowest BCUT2D eigenvalue weighted by molar-refractivity contribution is -0.137. The van der Waals surface area contributed by atoms with Crippen molar-refractivity contribution >= 4 is 23.2 Å². The molecule has 4 rings (SSSR count). The first-order chi connectivity index (χ1) is 14.3. The van der Waals surface area contributed by atoms with Crippen molar-refractivity contribution in [3.63, 3.8) is 0 Å². The zero-order chi connectivity index (χ0) is 21.3. The van der Waals surface area contributed by atoms with Crippen molar-refractivity contribution in [2.45, 2.75) is 12.6 Å². The van der Waals surface area contributed by atoms with E-state index in [1.54, 1.807) is 35.2 Å². The number of rotatable bonds is 3. The summed E-state index contributed by atoms with van der Waals surface area (Å²) in [6, 6.07) is 12.8. The van der Waals surface area contributed by atoms with E-state index in [2.05, 4.69) is 10.3 Å². The first-order valence-corrected chi connectivity index (χ1v) is 9.17. The van der Waals surface area contributed by atoms with Crippen molar-refractivity contribution < 1.29 is 22.8 Å². The first-order valence-electron chi connectivity index (χ1n) is 9.17. The maximum atomic E-state index is 13.2. The number of pyridine rings is 1. The third-order valence-electron chi connectivity index (χ3n) is 4.89. The van der Waals surface area contributed by atoms with Gasteiger partial charge in [-0.25, -0.2) is 0 Å². The fourth-order valence-corrected chi connectivity index (χ4v) is 3.44. The van der Waals surface area contributed by atoms with Crippen LogP contribution in [0.5, 0.6) is 0 Å². The molecule has 0 spiro atoms. The molecule has 0 atom stereocenters. The lowest BCUT2D eigenvalue weighted by Gasteiger charge is -2.18. The molecule has 3 aromatic rings. The molecular formula is C22H16F3N3O2. The molecule has 0 unspecified atom stereocenters. The Bertz CT molecular complexity index is 1110. The van der Waals surface area contributed by atoms with Gasteiger partial charge in [0.2, 0.25) is 0 Å². The summed E-state index contributed by atoms with van der Waals surface area (Å²) in [6.45, 7) is 0.477. The molecule has 0 bridgehead atoms. The molecule has 1 aliphatic rings. The zero-order valence-electron chi connectivity index (χ0n) is 15.6. The molecule has 30 heavy (non-hydrogen) atoms. The standard InChI is InChI=1S/C22H16F3N3O2/c23-22(24,25)18-4-2-1-3-17(18)20(29)27-16-6-5-14-9-12-28(19(14)13-16)21(30)15-7-10-26-11-8-15/h1-8,10-11,13H,9,12H2,(H,27,29). The minimum Gasteiger partial charge on any atom is -0.322 e. The topological polar surface area (TPSA) is 62.3 Å². The quantitative estimate of drug-likeness (QED) is 0.688. The molecule has 152 valence electrons. The lowest BCUT2D eigenvalue weighted by atomic mass is 10.1. The van der Waals surface area contributed by atoms with E-state index < -0.39 is 23.2 Å². The van der Waals surface area contributed by atoms with E-state index in [0.29, 0.717) is 29.9 Å². The van der Waals surface area contributed by atoms with Crippen LogP contribution in [0.2, 0.25) is 0 Å². The Morgan fingerprint density at radius 1 is 1.00 bits per heavy atom. The second-order valence-electron chi connectivity index (χ2n) is 6.78. The number of nitrogens with one attached hydrogen (secondary N) is 1. The number of fused-ring (bicyclic) bond motifs is 1. The molecule has 0 aliphatic carbocycles. The van der Waals surface area contributed by atoms with Crippen molar-refractivity contribution in [2.24, 2.45) is 0 Å². The molecule has 1 aromatic heterocycles. The zero-order valence-corrected chi connectivity index (χ0v) is 15.6. The number of anilines is 2. The van der Waals surface area contributed by atoms with Crippen LogP contribution in [-0.4, -0.2) is 23.3 Å². The van der Waals surface area contributed by atoms with Crippen LogP contribution in [0.4, 0.5) is 24.5 Å². The fourth-order valence-electron chi connectivity index (χ4n) is 3.44. The summed E-state index contributed by atoms with van der Waals surface area (Å²) in [4.78, 5) is 30.8. The average molecular weight is 411 g/mol. The Hall–Kier alpha value is -3.68. The fraction of sp³-hybridized carbons (Fsp3) is 0.136. The van der Waals surface area contributed by atoms with E-state index in [0.717, 1.165) is 17.7 Å². The number of hydrogen-bond donors (Lipinski definition) is 1. The van der Waals surface area contributed by atoms with Gasteiger partial charge in [-0.1, -0.05) is 18.2 Å². The Morgan fingerprint density at radius 2 is 1.73 bits per heavy atom. The molecule has 0 saturated heterocycles. The molecule has 2 amide bonds. The summed E-state index contributed by atoms with van der Waals surface area (Å²) >= 11 is 0. The van der Waals surface area contributed by atoms with Crippen molar-refractivity contribution in [3.8, 4) is 0 Å². The minimum atomic E-state index is -4.64. The van der Waals surface area contributed by atoms with Crippen LogP contribution < -0.4 is 10.2 Å². The summed E-state index contributed by atoms with van der Waals surface area (Å²) in [6.07, 6.45) is -0.936. The number of carbonyl (C=O) groups excluding carboxylic acids is 2. The summed E-state index contributed by atoms with van der Waals surface area (Å²) in [7, 11) is 0. The second kappa shape index (κ2) is 7.62. The highest BCUT2D eigenvalue weighted by Gasteiger charge is 2.35. The number of halogens is 3. The summed E-state index contributed by atoms with van der Waals surface area (Å²) in [5.41, 5.74) is 0.870. The second-order valence-corrected chi connectivity index (χ2v) is 6.78. The highest BCUT2D eigenvalue weighted by molar-refractivity contribution is 6.09. The summed E-state index contributed by atoms with van der Waals surface area (Å²) in [5.74, 6) is -1.07. The van der Waals surface area contributed by atoms with E-state index in [1.807, 2.05) is 0 Å². The molecule has 5 nitrogen and oxygen atoms in total. The monoisotopic (exact) mass is 411 g/mol. The number of amides is 2. The van der Waals surface area contributed by atoms with E-state index in [9.17, 15) is 22.8 Å². The molecule has 1 N–H and O–H groups in total.